The molecule has 0 bridgehead atoms. The molecule has 22 heavy (non-hydrogen) atoms. The molecular weight excluding hydrogens is 276 g/mol. The number of rotatable bonds is 0. The van der Waals surface area contributed by atoms with Crippen molar-refractivity contribution in [1.82, 2.24) is 0 Å². The molecule has 0 heterocycles. The van der Waals surface area contributed by atoms with Crippen LogP contribution in [-0.4, -0.2) is 28.2 Å². The van der Waals surface area contributed by atoms with Crippen molar-refractivity contribution in [3.05, 3.63) is 23.8 Å². The summed E-state index contributed by atoms with van der Waals surface area (Å²) in [5, 5.41) is 21.4. The fourth-order valence-corrected chi connectivity index (χ4v) is 6.30. The maximum absolute atomic E-state index is 11.7. The third-order valence-electron chi connectivity index (χ3n) is 7.44. The number of aliphatic hydroxyl groups is 2. The molecule has 0 saturated heterocycles. The quantitative estimate of drug-likeness (QED) is 0.723. The Morgan fingerprint density at radius 1 is 1.18 bits per heavy atom. The third kappa shape index (κ3) is 1.73. The molecule has 0 aliphatic heterocycles. The van der Waals surface area contributed by atoms with Gasteiger partial charge in [0, 0.05) is 11.3 Å². The summed E-state index contributed by atoms with van der Waals surface area (Å²) in [7, 11) is 0. The Bertz CT molecular complexity index is 577. The minimum absolute atomic E-state index is 0.0809. The van der Waals surface area contributed by atoms with E-state index in [4.69, 9.17) is 0 Å². The second-order valence-electron chi connectivity index (χ2n) is 8.39. The molecule has 2 N–H and O–H groups in total. The third-order valence-corrected chi connectivity index (χ3v) is 7.44. The first kappa shape index (κ1) is 14.6. The van der Waals surface area contributed by atoms with Crippen molar-refractivity contribution >= 4 is 5.78 Å². The van der Waals surface area contributed by atoms with E-state index in [9.17, 15) is 15.0 Å². The topological polar surface area (TPSA) is 57.5 Å². The van der Waals surface area contributed by atoms with Gasteiger partial charge in [-0.2, -0.15) is 0 Å². The first-order valence-electron chi connectivity index (χ1n) is 8.66. The number of hydrogen-bond acceptors (Lipinski definition) is 3. The summed E-state index contributed by atoms with van der Waals surface area (Å²) in [6.07, 6.45) is 9.44. The number of ketones is 1. The summed E-state index contributed by atoms with van der Waals surface area (Å²) in [4.78, 5) is 11.7. The van der Waals surface area contributed by atoms with Crippen LogP contribution in [0.15, 0.2) is 23.8 Å². The lowest BCUT2D eigenvalue weighted by molar-refractivity contribution is -0.129. The van der Waals surface area contributed by atoms with E-state index in [-0.39, 0.29) is 28.6 Å². The van der Waals surface area contributed by atoms with Gasteiger partial charge < -0.3 is 10.2 Å². The Balaban J connectivity index is 1.76. The molecule has 0 aromatic heterocycles. The van der Waals surface area contributed by atoms with Gasteiger partial charge in [-0.3, -0.25) is 4.79 Å². The summed E-state index contributed by atoms with van der Waals surface area (Å²) in [6, 6.07) is 0. The van der Waals surface area contributed by atoms with E-state index < -0.39 is 6.10 Å². The number of carbonyl (C=O) groups excluding carboxylic acids is 1. The first-order chi connectivity index (χ1) is 10.4. The molecule has 0 aromatic rings. The van der Waals surface area contributed by atoms with Gasteiger partial charge in [0.1, 0.15) is 0 Å². The normalized spacial score (nSPS) is 53.5. The van der Waals surface area contributed by atoms with Crippen molar-refractivity contribution in [1.29, 1.82) is 0 Å². The van der Waals surface area contributed by atoms with Crippen molar-refractivity contribution in [3.8, 4) is 0 Å². The standard InChI is InChI=1S/C19H26O3/c1-18-8-7-12(20)9-11(18)3-4-13-14-5-6-16(22)19(14,2)10-15(21)17(13)18/h7-9,13-17,21-22H,3-6,10H2,1-2H3/t13?,14?,15-,16-,17?,18-,19-/m0/s1. The predicted octanol–water partition coefficient (Wildman–Crippen LogP) is 2.63. The highest BCUT2D eigenvalue weighted by Gasteiger charge is 2.61. The number of hydrogen-bond donors (Lipinski definition) is 2. The molecule has 0 spiro atoms. The monoisotopic (exact) mass is 302 g/mol. The second kappa shape index (κ2) is 4.55. The van der Waals surface area contributed by atoms with Crippen LogP contribution in [0.2, 0.25) is 0 Å². The van der Waals surface area contributed by atoms with Crippen LogP contribution in [0.5, 0.6) is 0 Å². The number of allylic oxidation sites excluding steroid dienone is 4. The fourth-order valence-electron chi connectivity index (χ4n) is 6.30. The van der Waals surface area contributed by atoms with E-state index in [0.29, 0.717) is 18.3 Å². The first-order valence-corrected chi connectivity index (χ1v) is 8.66. The largest absolute Gasteiger partial charge is 0.393 e. The van der Waals surface area contributed by atoms with Crippen molar-refractivity contribution in [2.75, 3.05) is 0 Å². The Morgan fingerprint density at radius 3 is 2.73 bits per heavy atom. The predicted molar refractivity (Wildman–Crippen MR) is 84.0 cm³/mol. The molecule has 0 radical (unpaired) electrons. The van der Waals surface area contributed by atoms with Gasteiger partial charge >= 0.3 is 0 Å². The Hall–Kier alpha value is -0.930. The van der Waals surface area contributed by atoms with Gasteiger partial charge in [0.25, 0.3) is 0 Å². The van der Waals surface area contributed by atoms with Gasteiger partial charge in [0.2, 0.25) is 0 Å². The summed E-state index contributed by atoms with van der Waals surface area (Å²) >= 11 is 0. The highest BCUT2D eigenvalue weighted by Crippen LogP contribution is 2.64. The average Bonchev–Trinajstić information content (AvgIpc) is 2.75. The van der Waals surface area contributed by atoms with Crippen LogP contribution in [0.3, 0.4) is 0 Å². The van der Waals surface area contributed by atoms with Crippen LogP contribution >= 0.6 is 0 Å². The number of fused-ring (bicyclic) bond motifs is 5. The highest BCUT2D eigenvalue weighted by atomic mass is 16.3. The molecule has 3 fully saturated rings. The van der Waals surface area contributed by atoms with Gasteiger partial charge in [-0.1, -0.05) is 25.5 Å². The Labute approximate surface area is 132 Å². The van der Waals surface area contributed by atoms with Crippen molar-refractivity contribution in [2.45, 2.75) is 58.2 Å². The van der Waals surface area contributed by atoms with Gasteiger partial charge in [0.05, 0.1) is 12.2 Å². The van der Waals surface area contributed by atoms with E-state index in [1.54, 1.807) is 12.2 Å². The van der Waals surface area contributed by atoms with Crippen LogP contribution < -0.4 is 0 Å². The van der Waals surface area contributed by atoms with Crippen molar-refractivity contribution in [3.63, 3.8) is 0 Å². The molecular formula is C19H26O3. The van der Waals surface area contributed by atoms with Crippen molar-refractivity contribution in [2.24, 2.45) is 28.6 Å². The lowest BCUT2D eigenvalue weighted by atomic mass is 9.47. The van der Waals surface area contributed by atoms with Crippen LogP contribution in [0.4, 0.5) is 0 Å². The molecule has 3 heteroatoms. The molecule has 3 unspecified atom stereocenters. The van der Waals surface area contributed by atoms with Gasteiger partial charge in [0.15, 0.2) is 5.78 Å². The minimum Gasteiger partial charge on any atom is -0.393 e. The molecule has 4 rings (SSSR count). The van der Waals surface area contributed by atoms with Crippen LogP contribution in [0.1, 0.15) is 46.0 Å². The highest BCUT2D eigenvalue weighted by molar-refractivity contribution is 6.01. The van der Waals surface area contributed by atoms with E-state index in [1.807, 2.05) is 6.08 Å². The lowest BCUT2D eigenvalue weighted by Crippen LogP contribution is -2.56. The number of carbonyl (C=O) groups is 1. The fraction of sp³-hybridized carbons (Fsp3) is 0.737. The van der Waals surface area contributed by atoms with Gasteiger partial charge in [-0.05, 0) is 61.5 Å². The van der Waals surface area contributed by atoms with Gasteiger partial charge in [-0.15, -0.1) is 0 Å². The van der Waals surface area contributed by atoms with Crippen LogP contribution in [0.25, 0.3) is 0 Å². The SMILES string of the molecule is C[C@]12C=CC(=O)C=C1CCC1C2[C@@H](O)C[C@@]2(C)C1CC[C@@H]2O. The summed E-state index contributed by atoms with van der Waals surface area (Å²) in [5.74, 6) is 1.21. The molecule has 0 aromatic carbocycles. The molecule has 3 saturated carbocycles. The number of aliphatic hydroxyl groups excluding tert-OH is 2. The van der Waals surface area contributed by atoms with E-state index in [2.05, 4.69) is 13.8 Å². The molecule has 4 aliphatic carbocycles. The summed E-state index contributed by atoms with van der Waals surface area (Å²) in [6.45, 7) is 4.36. The van der Waals surface area contributed by atoms with E-state index in [0.717, 1.165) is 25.7 Å². The lowest BCUT2D eigenvalue weighted by Gasteiger charge is -2.58. The Morgan fingerprint density at radius 2 is 1.95 bits per heavy atom. The smallest absolute Gasteiger partial charge is 0.178 e. The minimum atomic E-state index is -0.398. The second-order valence-corrected chi connectivity index (χ2v) is 8.39. The maximum Gasteiger partial charge on any atom is 0.178 e. The summed E-state index contributed by atoms with van der Waals surface area (Å²) in [5.41, 5.74) is 0.875. The molecule has 0 amide bonds. The van der Waals surface area contributed by atoms with Crippen molar-refractivity contribution < 1.29 is 15.0 Å². The molecule has 4 aliphatic rings. The van der Waals surface area contributed by atoms with Gasteiger partial charge in [-0.25, -0.2) is 0 Å². The maximum atomic E-state index is 11.7. The molecule has 7 atom stereocenters. The molecule has 3 nitrogen and oxygen atoms in total. The van der Waals surface area contributed by atoms with E-state index in [1.165, 1.54) is 5.57 Å². The zero-order valence-electron chi connectivity index (χ0n) is 13.5. The summed E-state index contributed by atoms with van der Waals surface area (Å²) < 4.78 is 0. The average molecular weight is 302 g/mol. The molecule has 120 valence electrons. The zero-order valence-corrected chi connectivity index (χ0v) is 13.5. The zero-order chi connectivity index (χ0) is 15.7. The van der Waals surface area contributed by atoms with E-state index >= 15 is 0 Å². The Kier molecular flexibility index (Phi) is 3.03. The van der Waals surface area contributed by atoms with Crippen LogP contribution in [0, 0.1) is 28.6 Å². The van der Waals surface area contributed by atoms with Crippen LogP contribution in [-0.2, 0) is 4.79 Å².